The van der Waals surface area contributed by atoms with Gasteiger partial charge in [-0.15, -0.1) is 0 Å². The molecule has 0 saturated carbocycles. The molecule has 2 heterocycles. The lowest BCUT2D eigenvalue weighted by Crippen LogP contribution is -2.33. The maximum Gasteiger partial charge on any atom is 0.330 e. The molecule has 0 aliphatic carbocycles. The third-order valence-corrected chi connectivity index (χ3v) is 3.26. The van der Waals surface area contributed by atoms with Gasteiger partial charge in [0.2, 0.25) is 0 Å². The molecule has 0 spiro atoms. The molecular weight excluding hydrogens is 276 g/mol. The number of unbranched alkanes of at least 4 members (excludes halogenated alkanes) is 1. The van der Waals surface area contributed by atoms with Gasteiger partial charge in [-0.05, 0) is 6.42 Å². The fourth-order valence-corrected chi connectivity index (χ4v) is 2.12. The minimum Gasteiger partial charge on any atom is -0.394 e. The summed E-state index contributed by atoms with van der Waals surface area (Å²) in [5, 5.41) is 18.8. The fourth-order valence-electron chi connectivity index (χ4n) is 2.12. The summed E-state index contributed by atoms with van der Waals surface area (Å²) in [5.74, 6) is 5.56. The molecule has 1 aliphatic heterocycles. The van der Waals surface area contributed by atoms with Crippen LogP contribution >= 0.6 is 0 Å². The first-order chi connectivity index (χ1) is 10.1. The highest BCUT2D eigenvalue weighted by atomic mass is 16.5. The summed E-state index contributed by atoms with van der Waals surface area (Å²) in [4.78, 5) is 25.7. The van der Waals surface area contributed by atoms with Gasteiger partial charge in [0.05, 0.1) is 12.7 Å². The molecule has 1 aromatic rings. The van der Waals surface area contributed by atoms with Crippen LogP contribution in [0.2, 0.25) is 0 Å². The number of hydrogen-bond donors (Lipinski definition) is 3. The number of ether oxygens (including phenoxy) is 1. The maximum absolute atomic E-state index is 11.8. The van der Waals surface area contributed by atoms with Crippen LogP contribution in [0, 0.1) is 11.8 Å². The highest BCUT2D eigenvalue weighted by Gasteiger charge is 2.35. The summed E-state index contributed by atoms with van der Waals surface area (Å²) in [6, 6.07) is 0. The molecule has 1 saturated heterocycles. The second kappa shape index (κ2) is 6.72. The Hall–Kier alpha value is -1.88. The average molecular weight is 294 g/mol. The summed E-state index contributed by atoms with van der Waals surface area (Å²) in [6.45, 7) is 1.64. The van der Waals surface area contributed by atoms with E-state index in [1.807, 2.05) is 6.92 Å². The van der Waals surface area contributed by atoms with E-state index in [2.05, 4.69) is 16.8 Å². The zero-order valence-electron chi connectivity index (χ0n) is 11.7. The van der Waals surface area contributed by atoms with E-state index in [1.165, 1.54) is 10.8 Å². The van der Waals surface area contributed by atoms with E-state index in [0.29, 0.717) is 6.42 Å². The lowest BCUT2D eigenvalue weighted by atomic mass is 10.2. The van der Waals surface area contributed by atoms with Crippen LogP contribution in [0.1, 0.15) is 38.0 Å². The Bertz CT molecular complexity index is 666. The standard InChI is InChI=1S/C14H18N2O5/c1-2-3-4-5-9-7-16(14(20)15-13(9)19)12-6-10(18)11(8-17)21-12/h7,10-12,17-18H,2-3,6,8H2,1H3,(H,15,19,20)/t10?,11-,12-/m0/s1. The van der Waals surface area contributed by atoms with Gasteiger partial charge in [0, 0.05) is 19.0 Å². The molecule has 3 atom stereocenters. The second-order valence-electron chi connectivity index (χ2n) is 4.88. The van der Waals surface area contributed by atoms with Crippen molar-refractivity contribution in [1.29, 1.82) is 0 Å². The molecule has 1 unspecified atom stereocenters. The number of nitrogens with one attached hydrogen (secondary N) is 1. The number of H-pyrrole nitrogens is 1. The minimum absolute atomic E-state index is 0.166. The van der Waals surface area contributed by atoms with Crippen molar-refractivity contribution < 1.29 is 14.9 Å². The van der Waals surface area contributed by atoms with E-state index in [0.717, 1.165) is 6.42 Å². The number of aromatic amines is 1. The molecular formula is C14H18N2O5. The van der Waals surface area contributed by atoms with E-state index in [1.54, 1.807) is 0 Å². The molecule has 3 N–H and O–H groups in total. The number of hydrogen-bond acceptors (Lipinski definition) is 5. The van der Waals surface area contributed by atoms with Crippen LogP contribution in [-0.4, -0.2) is 38.6 Å². The maximum atomic E-state index is 11.8. The Morgan fingerprint density at radius 2 is 2.29 bits per heavy atom. The molecule has 2 rings (SSSR count). The fraction of sp³-hybridized carbons (Fsp3) is 0.571. The van der Waals surface area contributed by atoms with Crippen molar-refractivity contribution in [2.45, 2.75) is 44.6 Å². The van der Waals surface area contributed by atoms with E-state index >= 15 is 0 Å². The molecule has 1 aliphatic rings. The summed E-state index contributed by atoms with van der Waals surface area (Å²) in [6.07, 6.45) is 0.717. The number of rotatable bonds is 3. The van der Waals surface area contributed by atoms with Gasteiger partial charge in [-0.2, -0.15) is 0 Å². The van der Waals surface area contributed by atoms with E-state index in [-0.39, 0.29) is 18.6 Å². The average Bonchev–Trinajstić information content (AvgIpc) is 2.82. The number of aliphatic hydroxyl groups is 2. The first-order valence-electron chi connectivity index (χ1n) is 6.85. The van der Waals surface area contributed by atoms with Crippen molar-refractivity contribution in [3.63, 3.8) is 0 Å². The minimum atomic E-state index is -0.853. The largest absolute Gasteiger partial charge is 0.394 e. The Kier molecular flexibility index (Phi) is 4.96. The van der Waals surface area contributed by atoms with Crippen molar-refractivity contribution >= 4 is 0 Å². The predicted molar refractivity (Wildman–Crippen MR) is 74.7 cm³/mol. The molecule has 7 heteroatoms. The lowest BCUT2D eigenvalue weighted by Gasteiger charge is -2.14. The van der Waals surface area contributed by atoms with Crippen LogP contribution in [-0.2, 0) is 4.74 Å². The molecule has 0 radical (unpaired) electrons. The van der Waals surface area contributed by atoms with Crippen LogP contribution in [0.15, 0.2) is 15.8 Å². The van der Waals surface area contributed by atoms with Gasteiger partial charge in [0.15, 0.2) is 0 Å². The number of nitrogens with zero attached hydrogens (tertiary/aromatic N) is 1. The molecule has 1 aromatic heterocycles. The van der Waals surface area contributed by atoms with E-state index in [4.69, 9.17) is 9.84 Å². The Labute approximate surface area is 121 Å². The van der Waals surface area contributed by atoms with Gasteiger partial charge in [-0.3, -0.25) is 14.3 Å². The monoisotopic (exact) mass is 294 g/mol. The highest BCUT2D eigenvalue weighted by Crippen LogP contribution is 2.27. The van der Waals surface area contributed by atoms with Gasteiger partial charge in [-0.25, -0.2) is 4.79 Å². The summed E-state index contributed by atoms with van der Waals surface area (Å²) in [5.41, 5.74) is -0.998. The Morgan fingerprint density at radius 1 is 1.52 bits per heavy atom. The van der Waals surface area contributed by atoms with Gasteiger partial charge >= 0.3 is 5.69 Å². The van der Waals surface area contributed by atoms with Crippen molar-refractivity contribution in [3.8, 4) is 11.8 Å². The van der Waals surface area contributed by atoms with Crippen molar-refractivity contribution in [2.75, 3.05) is 6.61 Å². The van der Waals surface area contributed by atoms with E-state index < -0.39 is 29.7 Å². The van der Waals surface area contributed by atoms with Crippen molar-refractivity contribution in [1.82, 2.24) is 9.55 Å². The molecule has 7 nitrogen and oxygen atoms in total. The molecule has 21 heavy (non-hydrogen) atoms. The SMILES string of the molecule is CCCC#Cc1cn([C@@H]2CC(O)[C@H](CO)O2)c(=O)[nH]c1=O. The first-order valence-corrected chi connectivity index (χ1v) is 6.85. The Balaban J connectivity index is 2.33. The van der Waals surface area contributed by atoms with Gasteiger partial charge in [-0.1, -0.05) is 18.8 Å². The van der Waals surface area contributed by atoms with Crippen LogP contribution in [0.3, 0.4) is 0 Å². The zero-order valence-corrected chi connectivity index (χ0v) is 11.7. The normalized spacial score (nSPS) is 24.6. The van der Waals surface area contributed by atoms with E-state index in [9.17, 15) is 14.7 Å². The quantitative estimate of drug-likeness (QED) is 0.641. The number of aliphatic hydroxyl groups excluding tert-OH is 2. The molecule has 114 valence electrons. The lowest BCUT2D eigenvalue weighted by molar-refractivity contribution is -0.0459. The van der Waals surface area contributed by atoms with Crippen molar-refractivity contribution in [2.24, 2.45) is 0 Å². The third kappa shape index (κ3) is 3.42. The summed E-state index contributed by atoms with van der Waals surface area (Å²) in [7, 11) is 0. The number of aromatic nitrogens is 2. The van der Waals surface area contributed by atoms with Crippen LogP contribution in [0.4, 0.5) is 0 Å². The van der Waals surface area contributed by atoms with Crippen molar-refractivity contribution in [3.05, 3.63) is 32.6 Å². The van der Waals surface area contributed by atoms with Gasteiger partial charge < -0.3 is 14.9 Å². The van der Waals surface area contributed by atoms with Crippen LogP contribution in [0.25, 0.3) is 0 Å². The van der Waals surface area contributed by atoms with Gasteiger partial charge in [0.1, 0.15) is 17.9 Å². The Morgan fingerprint density at radius 3 is 2.90 bits per heavy atom. The van der Waals surface area contributed by atoms with Crippen LogP contribution in [0.5, 0.6) is 0 Å². The topological polar surface area (TPSA) is 105 Å². The molecule has 1 fully saturated rings. The third-order valence-electron chi connectivity index (χ3n) is 3.26. The first kappa shape index (κ1) is 15.5. The zero-order chi connectivity index (χ0) is 15.4. The van der Waals surface area contributed by atoms with Crippen LogP contribution < -0.4 is 11.2 Å². The molecule has 0 amide bonds. The summed E-state index contributed by atoms with van der Waals surface area (Å²) >= 11 is 0. The smallest absolute Gasteiger partial charge is 0.330 e. The second-order valence-corrected chi connectivity index (χ2v) is 4.88. The molecule has 0 bridgehead atoms. The van der Waals surface area contributed by atoms with Gasteiger partial charge in [0.25, 0.3) is 5.56 Å². The molecule has 0 aromatic carbocycles. The highest BCUT2D eigenvalue weighted by molar-refractivity contribution is 5.29. The predicted octanol–water partition coefficient (Wildman–Crippen LogP) is -0.671. The summed E-state index contributed by atoms with van der Waals surface area (Å²) < 4.78 is 6.59.